The number of carbonyl (C=O) groups is 1. The Labute approximate surface area is 141 Å². The summed E-state index contributed by atoms with van der Waals surface area (Å²) >= 11 is 0. The normalized spacial score (nSPS) is 12.3. The highest BCUT2D eigenvalue weighted by atomic mass is 16.1. The quantitative estimate of drug-likeness (QED) is 0.783. The van der Waals surface area contributed by atoms with E-state index in [9.17, 15) is 4.79 Å². The van der Waals surface area contributed by atoms with Crippen molar-refractivity contribution in [3.8, 4) is 11.1 Å². The second-order valence-electron chi connectivity index (χ2n) is 6.20. The van der Waals surface area contributed by atoms with Crippen molar-refractivity contribution in [2.24, 2.45) is 5.73 Å². The first kappa shape index (κ1) is 16.1. The average molecular weight is 319 g/mol. The zero-order chi connectivity index (χ0) is 17.3. The maximum Gasteiger partial charge on any atom is 0.248 e. The minimum absolute atomic E-state index is 0.307. The van der Waals surface area contributed by atoms with Crippen molar-refractivity contribution in [1.29, 1.82) is 0 Å². The number of nitrogens with two attached hydrogens (primary N) is 1. The van der Waals surface area contributed by atoms with E-state index in [-0.39, 0.29) is 0 Å². The van der Waals surface area contributed by atoms with Crippen molar-refractivity contribution in [1.82, 2.24) is 10.2 Å². The van der Waals surface area contributed by atoms with Gasteiger partial charge in [-0.05, 0) is 42.2 Å². The third-order valence-electron chi connectivity index (χ3n) is 4.61. The van der Waals surface area contributed by atoms with Crippen LogP contribution >= 0.6 is 0 Å². The summed E-state index contributed by atoms with van der Waals surface area (Å²) in [7, 11) is 0. The molecule has 1 unspecified atom stereocenters. The van der Waals surface area contributed by atoms with E-state index in [2.05, 4.69) is 30.1 Å². The molecular weight excluding hydrogens is 298 g/mol. The number of hydrogen-bond donors (Lipinski definition) is 1. The van der Waals surface area contributed by atoms with Gasteiger partial charge in [0.2, 0.25) is 5.91 Å². The van der Waals surface area contributed by atoms with E-state index in [1.807, 2.05) is 31.2 Å². The Morgan fingerprint density at radius 2 is 2.00 bits per heavy atom. The van der Waals surface area contributed by atoms with Crippen molar-refractivity contribution in [2.75, 3.05) is 0 Å². The first-order valence-corrected chi connectivity index (χ1v) is 8.18. The molecule has 4 heteroatoms. The van der Waals surface area contributed by atoms with Crippen LogP contribution in [0.25, 0.3) is 21.9 Å². The summed E-state index contributed by atoms with van der Waals surface area (Å²) in [6.45, 7) is 6.34. The minimum atomic E-state index is -0.418. The summed E-state index contributed by atoms with van der Waals surface area (Å²) in [5, 5.41) is 10.7. The Morgan fingerprint density at radius 3 is 2.71 bits per heavy atom. The van der Waals surface area contributed by atoms with Crippen LogP contribution in [-0.2, 0) is 0 Å². The first-order chi connectivity index (χ1) is 11.5. The molecule has 0 aliphatic heterocycles. The Kier molecular flexibility index (Phi) is 4.30. The van der Waals surface area contributed by atoms with Gasteiger partial charge in [-0.1, -0.05) is 38.1 Å². The SMILES string of the molecule is CCC(C)c1nncc2cccc(-c3cc(C(N)=O)ccc3C)c12. The number of aryl methyl sites for hydroxylation is 1. The number of rotatable bonds is 4. The third kappa shape index (κ3) is 2.75. The fourth-order valence-electron chi connectivity index (χ4n) is 3.00. The second kappa shape index (κ2) is 6.40. The number of aromatic nitrogens is 2. The zero-order valence-electron chi connectivity index (χ0n) is 14.2. The largest absolute Gasteiger partial charge is 0.366 e. The fraction of sp³-hybridized carbons (Fsp3) is 0.250. The highest BCUT2D eigenvalue weighted by Gasteiger charge is 2.16. The molecule has 1 amide bonds. The molecule has 1 atom stereocenters. The van der Waals surface area contributed by atoms with E-state index in [0.717, 1.165) is 39.6 Å². The molecule has 0 aliphatic carbocycles. The van der Waals surface area contributed by atoms with Crippen LogP contribution in [0.15, 0.2) is 42.6 Å². The molecule has 3 rings (SSSR count). The van der Waals surface area contributed by atoms with Crippen molar-refractivity contribution in [3.05, 3.63) is 59.4 Å². The van der Waals surface area contributed by atoms with Crippen LogP contribution in [0, 0.1) is 6.92 Å². The van der Waals surface area contributed by atoms with E-state index in [4.69, 9.17) is 5.73 Å². The second-order valence-corrected chi connectivity index (χ2v) is 6.20. The molecule has 0 radical (unpaired) electrons. The van der Waals surface area contributed by atoms with Gasteiger partial charge < -0.3 is 5.73 Å². The van der Waals surface area contributed by atoms with Crippen LogP contribution < -0.4 is 5.73 Å². The highest BCUT2D eigenvalue weighted by Crippen LogP contribution is 2.35. The minimum Gasteiger partial charge on any atom is -0.366 e. The van der Waals surface area contributed by atoms with Gasteiger partial charge in [0.25, 0.3) is 0 Å². The van der Waals surface area contributed by atoms with Crippen molar-refractivity contribution >= 4 is 16.7 Å². The number of benzene rings is 2. The molecule has 0 spiro atoms. The Morgan fingerprint density at radius 1 is 1.21 bits per heavy atom. The van der Waals surface area contributed by atoms with E-state index < -0.39 is 5.91 Å². The van der Waals surface area contributed by atoms with Crippen molar-refractivity contribution in [2.45, 2.75) is 33.1 Å². The van der Waals surface area contributed by atoms with Crippen molar-refractivity contribution in [3.63, 3.8) is 0 Å². The van der Waals surface area contributed by atoms with Crippen LogP contribution in [0.4, 0.5) is 0 Å². The standard InChI is InChI=1S/C20H21N3O/c1-4-12(2)19-18-15(11-22-23-19)6-5-7-16(18)17-10-14(20(21)24)9-8-13(17)3/h5-12H,4H2,1-3H3,(H2,21,24). The molecule has 3 aromatic rings. The van der Waals surface area contributed by atoms with E-state index in [1.165, 1.54) is 0 Å². The number of fused-ring (bicyclic) bond motifs is 1. The predicted molar refractivity (Wildman–Crippen MR) is 96.9 cm³/mol. The van der Waals surface area contributed by atoms with Gasteiger partial charge in [-0.3, -0.25) is 4.79 Å². The number of primary amides is 1. The van der Waals surface area contributed by atoms with Crippen LogP contribution in [0.3, 0.4) is 0 Å². The maximum absolute atomic E-state index is 11.6. The van der Waals surface area contributed by atoms with Crippen molar-refractivity contribution < 1.29 is 4.79 Å². The van der Waals surface area contributed by atoms with Gasteiger partial charge in [-0.2, -0.15) is 10.2 Å². The Balaban J connectivity index is 2.35. The zero-order valence-corrected chi connectivity index (χ0v) is 14.2. The van der Waals surface area contributed by atoms with Gasteiger partial charge in [0.1, 0.15) is 0 Å². The summed E-state index contributed by atoms with van der Waals surface area (Å²) in [5.74, 6) is -0.111. The monoisotopic (exact) mass is 319 g/mol. The Bertz CT molecular complexity index is 913. The fourth-order valence-corrected chi connectivity index (χ4v) is 3.00. The molecule has 0 saturated heterocycles. The molecule has 0 saturated carbocycles. The van der Waals surface area contributed by atoms with Gasteiger partial charge in [0.15, 0.2) is 0 Å². The lowest BCUT2D eigenvalue weighted by Crippen LogP contribution is -2.11. The third-order valence-corrected chi connectivity index (χ3v) is 4.61. The summed E-state index contributed by atoms with van der Waals surface area (Å²) in [4.78, 5) is 11.6. The van der Waals surface area contributed by atoms with E-state index in [1.54, 1.807) is 12.3 Å². The summed E-state index contributed by atoms with van der Waals surface area (Å²) in [6, 6.07) is 11.7. The maximum atomic E-state index is 11.6. The number of nitrogens with zero attached hydrogens (tertiary/aromatic N) is 2. The van der Waals surface area contributed by atoms with Gasteiger partial charge in [0, 0.05) is 22.3 Å². The molecule has 1 heterocycles. The van der Waals surface area contributed by atoms with Crippen LogP contribution in [0.2, 0.25) is 0 Å². The van der Waals surface area contributed by atoms with Crippen LogP contribution in [0.1, 0.15) is 47.8 Å². The number of carbonyl (C=O) groups excluding carboxylic acids is 1. The number of hydrogen-bond acceptors (Lipinski definition) is 3. The molecule has 2 aromatic carbocycles. The molecule has 0 fully saturated rings. The Hall–Kier alpha value is -2.75. The summed E-state index contributed by atoms with van der Waals surface area (Å²) in [6.07, 6.45) is 2.78. The summed E-state index contributed by atoms with van der Waals surface area (Å²) in [5.41, 5.74) is 10.1. The van der Waals surface area contributed by atoms with Gasteiger partial charge in [-0.25, -0.2) is 0 Å². The molecule has 4 nitrogen and oxygen atoms in total. The van der Waals surface area contributed by atoms with Crippen LogP contribution in [-0.4, -0.2) is 16.1 Å². The lowest BCUT2D eigenvalue weighted by atomic mass is 9.90. The molecule has 0 bridgehead atoms. The molecule has 24 heavy (non-hydrogen) atoms. The lowest BCUT2D eigenvalue weighted by Gasteiger charge is -2.16. The van der Waals surface area contributed by atoms with E-state index >= 15 is 0 Å². The van der Waals surface area contributed by atoms with E-state index in [0.29, 0.717) is 11.5 Å². The molecule has 0 aliphatic rings. The predicted octanol–water partition coefficient (Wildman–Crippen LogP) is 4.22. The van der Waals surface area contributed by atoms with Gasteiger partial charge >= 0.3 is 0 Å². The molecular formula is C20H21N3O. The summed E-state index contributed by atoms with van der Waals surface area (Å²) < 4.78 is 0. The average Bonchev–Trinajstić information content (AvgIpc) is 2.60. The highest BCUT2D eigenvalue weighted by molar-refractivity contribution is 6.01. The van der Waals surface area contributed by atoms with Gasteiger partial charge in [-0.15, -0.1) is 0 Å². The molecule has 2 N–H and O–H groups in total. The first-order valence-electron chi connectivity index (χ1n) is 8.18. The van der Waals surface area contributed by atoms with Gasteiger partial charge in [0.05, 0.1) is 11.9 Å². The topological polar surface area (TPSA) is 68.9 Å². The lowest BCUT2D eigenvalue weighted by molar-refractivity contribution is 0.100. The number of amides is 1. The van der Waals surface area contributed by atoms with Crippen LogP contribution in [0.5, 0.6) is 0 Å². The molecule has 122 valence electrons. The molecule has 1 aromatic heterocycles. The smallest absolute Gasteiger partial charge is 0.248 e.